The van der Waals surface area contributed by atoms with Gasteiger partial charge in [-0.05, 0) is 37.0 Å². The molecule has 3 fully saturated rings. The van der Waals surface area contributed by atoms with Crippen LogP contribution in [0.1, 0.15) is 32.6 Å². The summed E-state index contributed by atoms with van der Waals surface area (Å²) in [7, 11) is 0. The van der Waals surface area contributed by atoms with E-state index < -0.39 is 11.9 Å². The lowest BCUT2D eigenvalue weighted by Gasteiger charge is -2.26. The first-order chi connectivity index (χ1) is 9.04. The van der Waals surface area contributed by atoms with Crippen LogP contribution in [-0.2, 0) is 4.79 Å². The van der Waals surface area contributed by atoms with E-state index >= 15 is 0 Å². The van der Waals surface area contributed by atoms with E-state index in [4.69, 9.17) is 5.11 Å². The predicted molar refractivity (Wildman–Crippen MR) is 69.6 cm³/mol. The average molecular weight is 266 g/mol. The van der Waals surface area contributed by atoms with Crippen LogP contribution >= 0.6 is 0 Å². The smallest absolute Gasteiger partial charge is 0.317 e. The number of urea groups is 1. The maximum absolute atomic E-state index is 12.2. The number of hydrogen-bond donors (Lipinski definition) is 2. The van der Waals surface area contributed by atoms with E-state index in [1.54, 1.807) is 4.90 Å². The normalized spacial score (nSPS) is 40.7. The van der Waals surface area contributed by atoms with Crippen molar-refractivity contribution in [1.82, 2.24) is 10.2 Å². The summed E-state index contributed by atoms with van der Waals surface area (Å²) in [6, 6.07) is 0.263. The molecule has 5 atom stereocenters. The molecule has 3 rings (SSSR count). The molecule has 5 heteroatoms. The van der Waals surface area contributed by atoms with Gasteiger partial charge in [0.15, 0.2) is 0 Å². The number of fused-ring (bicyclic) bond motifs is 2. The number of carboxylic acids is 1. The molecule has 0 aromatic carbocycles. The molecule has 0 spiro atoms. The second-order valence-electron chi connectivity index (χ2n) is 6.56. The van der Waals surface area contributed by atoms with Crippen LogP contribution in [0.25, 0.3) is 0 Å². The molecule has 2 amide bonds. The first-order valence-corrected chi connectivity index (χ1v) is 7.33. The van der Waals surface area contributed by atoms with Gasteiger partial charge in [-0.2, -0.15) is 0 Å². The summed E-state index contributed by atoms with van der Waals surface area (Å²) < 4.78 is 0. The maximum Gasteiger partial charge on any atom is 0.317 e. The Bertz CT molecular complexity index is 398. The SMILES string of the molecule is CC1CN(C(=O)NC2CC3CCC2C3)CC1C(=O)O. The average Bonchev–Trinajstić information content (AvgIpc) is 3.02. The van der Waals surface area contributed by atoms with E-state index in [1.165, 1.54) is 19.3 Å². The number of amides is 2. The van der Waals surface area contributed by atoms with Crippen LogP contribution in [-0.4, -0.2) is 41.1 Å². The van der Waals surface area contributed by atoms with Crippen molar-refractivity contribution in [2.45, 2.75) is 38.6 Å². The van der Waals surface area contributed by atoms with Crippen LogP contribution < -0.4 is 5.32 Å². The lowest BCUT2D eigenvalue weighted by molar-refractivity contribution is -0.142. The summed E-state index contributed by atoms with van der Waals surface area (Å²) in [5, 5.41) is 12.2. The number of carboxylic acid groups (broad SMARTS) is 1. The number of nitrogens with one attached hydrogen (secondary N) is 1. The van der Waals surface area contributed by atoms with Crippen molar-refractivity contribution < 1.29 is 14.7 Å². The third kappa shape index (κ3) is 2.30. The van der Waals surface area contributed by atoms with Gasteiger partial charge < -0.3 is 15.3 Å². The van der Waals surface area contributed by atoms with Gasteiger partial charge in [0.2, 0.25) is 0 Å². The Balaban J connectivity index is 1.55. The number of carbonyl (C=O) groups excluding carboxylic acids is 1. The Kier molecular flexibility index (Phi) is 3.15. The van der Waals surface area contributed by atoms with Gasteiger partial charge in [-0.15, -0.1) is 0 Å². The Morgan fingerprint density at radius 2 is 2.00 bits per heavy atom. The summed E-state index contributed by atoms with van der Waals surface area (Å²) in [5.74, 6) is 0.306. The molecule has 3 aliphatic rings. The second-order valence-corrected chi connectivity index (χ2v) is 6.56. The van der Waals surface area contributed by atoms with Crippen molar-refractivity contribution in [3.8, 4) is 0 Å². The largest absolute Gasteiger partial charge is 0.481 e. The van der Waals surface area contributed by atoms with Crippen LogP contribution in [0.2, 0.25) is 0 Å². The summed E-state index contributed by atoms with van der Waals surface area (Å²) in [6.45, 7) is 2.82. The molecule has 2 aliphatic carbocycles. The first-order valence-electron chi connectivity index (χ1n) is 7.33. The van der Waals surface area contributed by atoms with Crippen molar-refractivity contribution in [2.75, 3.05) is 13.1 Å². The zero-order valence-electron chi connectivity index (χ0n) is 11.3. The monoisotopic (exact) mass is 266 g/mol. The number of carbonyl (C=O) groups is 2. The molecule has 2 bridgehead atoms. The van der Waals surface area contributed by atoms with Crippen LogP contribution in [0.3, 0.4) is 0 Å². The number of rotatable bonds is 2. The highest BCUT2D eigenvalue weighted by atomic mass is 16.4. The Morgan fingerprint density at radius 1 is 1.21 bits per heavy atom. The minimum absolute atomic E-state index is 0.0447. The zero-order valence-corrected chi connectivity index (χ0v) is 11.3. The van der Waals surface area contributed by atoms with Crippen LogP contribution in [0.15, 0.2) is 0 Å². The molecule has 5 nitrogen and oxygen atoms in total. The van der Waals surface area contributed by atoms with Gasteiger partial charge in [0.1, 0.15) is 0 Å². The molecular formula is C14H22N2O3. The second kappa shape index (κ2) is 4.69. The number of hydrogen-bond acceptors (Lipinski definition) is 2. The lowest BCUT2D eigenvalue weighted by Crippen LogP contribution is -2.46. The Labute approximate surface area is 113 Å². The van der Waals surface area contributed by atoms with E-state index in [2.05, 4.69) is 5.32 Å². The third-order valence-corrected chi connectivity index (χ3v) is 5.26. The van der Waals surface area contributed by atoms with Gasteiger partial charge in [-0.25, -0.2) is 4.79 Å². The van der Waals surface area contributed by atoms with Crippen LogP contribution in [0.5, 0.6) is 0 Å². The molecule has 0 radical (unpaired) electrons. The predicted octanol–water partition coefficient (Wildman–Crippen LogP) is 1.54. The van der Waals surface area contributed by atoms with Crippen molar-refractivity contribution in [1.29, 1.82) is 0 Å². The number of likely N-dealkylation sites (tertiary alicyclic amines) is 1. The molecule has 19 heavy (non-hydrogen) atoms. The van der Waals surface area contributed by atoms with Gasteiger partial charge in [0, 0.05) is 19.1 Å². The fourth-order valence-electron chi connectivity index (χ4n) is 4.13. The molecular weight excluding hydrogens is 244 g/mol. The van der Waals surface area contributed by atoms with Gasteiger partial charge in [0.05, 0.1) is 5.92 Å². The van der Waals surface area contributed by atoms with E-state index in [-0.39, 0.29) is 11.9 Å². The standard InChI is InChI=1S/C14H22N2O3/c1-8-6-16(7-11(8)13(17)18)14(19)15-12-5-9-2-3-10(12)4-9/h8-12H,2-7H2,1H3,(H,15,19)(H,17,18). The van der Waals surface area contributed by atoms with Gasteiger partial charge in [-0.3, -0.25) is 4.79 Å². The van der Waals surface area contributed by atoms with Crippen molar-refractivity contribution in [2.24, 2.45) is 23.7 Å². The molecule has 1 heterocycles. The molecule has 1 saturated heterocycles. The van der Waals surface area contributed by atoms with Crippen LogP contribution in [0, 0.1) is 23.7 Å². The topological polar surface area (TPSA) is 69.6 Å². The first kappa shape index (κ1) is 12.8. The van der Waals surface area contributed by atoms with E-state index in [0.717, 1.165) is 12.3 Å². The highest BCUT2D eigenvalue weighted by Gasteiger charge is 2.42. The van der Waals surface area contributed by atoms with Crippen molar-refractivity contribution >= 4 is 12.0 Å². The fraction of sp³-hybridized carbons (Fsp3) is 0.857. The van der Waals surface area contributed by atoms with E-state index in [1.807, 2.05) is 6.92 Å². The van der Waals surface area contributed by atoms with E-state index in [9.17, 15) is 9.59 Å². The highest BCUT2D eigenvalue weighted by molar-refractivity contribution is 5.78. The molecule has 2 saturated carbocycles. The summed E-state index contributed by atoms with van der Waals surface area (Å²) >= 11 is 0. The van der Waals surface area contributed by atoms with Gasteiger partial charge in [-0.1, -0.05) is 13.3 Å². The molecule has 0 aromatic heterocycles. The maximum atomic E-state index is 12.2. The van der Waals surface area contributed by atoms with Gasteiger partial charge >= 0.3 is 12.0 Å². The molecule has 5 unspecified atom stereocenters. The van der Waals surface area contributed by atoms with E-state index in [0.29, 0.717) is 25.0 Å². The fourth-order valence-corrected chi connectivity index (χ4v) is 4.13. The highest BCUT2D eigenvalue weighted by Crippen LogP contribution is 2.44. The summed E-state index contributed by atoms with van der Waals surface area (Å²) in [4.78, 5) is 25.0. The van der Waals surface area contributed by atoms with Crippen LogP contribution in [0.4, 0.5) is 4.79 Å². The number of nitrogens with zero attached hydrogens (tertiary/aromatic N) is 1. The minimum atomic E-state index is -0.789. The third-order valence-electron chi connectivity index (χ3n) is 5.26. The Hall–Kier alpha value is -1.26. The van der Waals surface area contributed by atoms with Crippen molar-refractivity contribution in [3.05, 3.63) is 0 Å². The lowest BCUT2D eigenvalue weighted by atomic mass is 9.95. The number of aliphatic carboxylic acids is 1. The molecule has 0 aromatic rings. The molecule has 1 aliphatic heterocycles. The molecule has 2 N–H and O–H groups in total. The quantitative estimate of drug-likeness (QED) is 0.796. The summed E-state index contributed by atoms with van der Waals surface area (Å²) in [5.41, 5.74) is 0. The Morgan fingerprint density at radius 3 is 2.53 bits per heavy atom. The summed E-state index contributed by atoms with van der Waals surface area (Å²) in [6.07, 6.45) is 4.93. The minimum Gasteiger partial charge on any atom is -0.481 e. The zero-order chi connectivity index (χ0) is 13.6. The van der Waals surface area contributed by atoms with Crippen molar-refractivity contribution in [3.63, 3.8) is 0 Å². The molecule has 106 valence electrons. The van der Waals surface area contributed by atoms with Gasteiger partial charge in [0.25, 0.3) is 0 Å².